The van der Waals surface area contributed by atoms with Gasteiger partial charge in [0, 0.05) is 36.9 Å². The van der Waals surface area contributed by atoms with Gasteiger partial charge in [0.25, 0.3) is 0 Å². The number of nitrogens with one attached hydrogen (secondary N) is 1. The van der Waals surface area contributed by atoms with E-state index in [2.05, 4.69) is 58.4 Å². The lowest BCUT2D eigenvalue weighted by molar-refractivity contribution is 0.707. The highest BCUT2D eigenvalue weighted by molar-refractivity contribution is 5.84. The van der Waals surface area contributed by atoms with Crippen molar-refractivity contribution in [3.8, 4) is 0 Å². The van der Waals surface area contributed by atoms with Crippen LogP contribution in [-0.2, 0) is 20.1 Å². The van der Waals surface area contributed by atoms with E-state index >= 15 is 0 Å². The van der Waals surface area contributed by atoms with Gasteiger partial charge in [0.2, 0.25) is 0 Å². The Bertz CT molecular complexity index is 708. The summed E-state index contributed by atoms with van der Waals surface area (Å²) < 4.78 is 4.13. The first kappa shape index (κ1) is 12.9. The third-order valence-corrected chi connectivity index (χ3v) is 3.54. The number of benzene rings is 1. The van der Waals surface area contributed by atoms with E-state index in [-0.39, 0.29) is 0 Å². The summed E-state index contributed by atoms with van der Waals surface area (Å²) in [6.45, 7) is 4.84. The fourth-order valence-corrected chi connectivity index (χ4v) is 2.58. The number of nitrogens with zero attached hydrogens (tertiary/aromatic N) is 3. The van der Waals surface area contributed by atoms with Crippen LogP contribution >= 0.6 is 0 Å². The van der Waals surface area contributed by atoms with E-state index in [4.69, 9.17) is 0 Å². The molecule has 3 rings (SSSR count). The maximum Gasteiger partial charge on any atom is 0.0821 e. The number of hydrogen-bond donors (Lipinski definition) is 1. The highest BCUT2D eigenvalue weighted by Gasteiger charge is 2.08. The summed E-state index contributed by atoms with van der Waals surface area (Å²) in [5, 5.41) is 9.19. The van der Waals surface area contributed by atoms with Crippen LogP contribution < -0.4 is 5.32 Å². The van der Waals surface area contributed by atoms with Gasteiger partial charge in [0.05, 0.1) is 12.2 Å². The average molecular weight is 268 g/mol. The predicted octanol–water partition coefficient (Wildman–Crippen LogP) is 2.53. The molecule has 0 atom stereocenters. The van der Waals surface area contributed by atoms with E-state index in [1.165, 1.54) is 16.5 Å². The predicted molar refractivity (Wildman–Crippen MR) is 81.6 cm³/mol. The van der Waals surface area contributed by atoms with E-state index < -0.39 is 0 Å². The van der Waals surface area contributed by atoms with Gasteiger partial charge in [-0.25, -0.2) is 0 Å². The molecular weight excluding hydrogens is 248 g/mol. The number of aryl methyl sites for hydroxylation is 1. The van der Waals surface area contributed by atoms with Crippen molar-refractivity contribution < 1.29 is 0 Å². The largest absolute Gasteiger partial charge is 0.341 e. The topological polar surface area (TPSA) is 34.8 Å². The third kappa shape index (κ3) is 2.47. The van der Waals surface area contributed by atoms with Crippen LogP contribution in [0.2, 0.25) is 0 Å². The maximum atomic E-state index is 4.46. The van der Waals surface area contributed by atoms with Gasteiger partial charge < -0.3 is 9.88 Å². The Morgan fingerprint density at radius 2 is 2.05 bits per heavy atom. The van der Waals surface area contributed by atoms with Crippen molar-refractivity contribution in [1.29, 1.82) is 0 Å². The first-order chi connectivity index (χ1) is 9.78. The first-order valence-corrected chi connectivity index (χ1v) is 7.04. The molecule has 0 fully saturated rings. The highest BCUT2D eigenvalue weighted by Crippen LogP contribution is 2.22. The molecule has 0 amide bonds. The molecule has 1 N–H and O–H groups in total. The van der Waals surface area contributed by atoms with Crippen molar-refractivity contribution in [3.63, 3.8) is 0 Å². The van der Waals surface area contributed by atoms with Crippen molar-refractivity contribution in [2.75, 3.05) is 6.54 Å². The van der Waals surface area contributed by atoms with Crippen molar-refractivity contribution in [2.24, 2.45) is 7.05 Å². The molecule has 0 saturated carbocycles. The number of fused-ring (bicyclic) bond motifs is 1. The summed E-state index contributed by atoms with van der Waals surface area (Å²) in [7, 11) is 1.95. The fourth-order valence-electron chi connectivity index (χ4n) is 2.58. The molecule has 0 aliphatic heterocycles. The zero-order chi connectivity index (χ0) is 13.9. The minimum Gasteiger partial charge on any atom is -0.341 e. The molecule has 0 bridgehead atoms. The molecule has 0 radical (unpaired) electrons. The molecular formula is C16H20N4. The monoisotopic (exact) mass is 268 g/mol. The van der Waals surface area contributed by atoms with Crippen LogP contribution in [0.4, 0.5) is 0 Å². The molecule has 0 saturated heterocycles. The fraction of sp³-hybridized carbons (Fsp3) is 0.312. The lowest BCUT2D eigenvalue weighted by Crippen LogP contribution is -2.11. The van der Waals surface area contributed by atoms with E-state index in [1.807, 2.05) is 17.9 Å². The Morgan fingerprint density at radius 1 is 1.20 bits per heavy atom. The van der Waals surface area contributed by atoms with Crippen molar-refractivity contribution in [2.45, 2.75) is 20.0 Å². The molecule has 0 unspecified atom stereocenters. The van der Waals surface area contributed by atoms with Crippen molar-refractivity contribution >= 4 is 10.9 Å². The van der Waals surface area contributed by atoms with E-state index in [0.717, 1.165) is 25.3 Å². The molecule has 0 aliphatic rings. The van der Waals surface area contributed by atoms with Crippen LogP contribution in [-0.4, -0.2) is 20.9 Å². The molecule has 4 heteroatoms. The number of hydrogen-bond acceptors (Lipinski definition) is 2. The molecule has 0 aliphatic carbocycles. The summed E-state index contributed by atoms with van der Waals surface area (Å²) in [6, 6.07) is 10.6. The average Bonchev–Trinajstić information content (AvgIpc) is 3.02. The molecule has 104 valence electrons. The quantitative estimate of drug-likeness (QED) is 0.771. The maximum absolute atomic E-state index is 4.46. The smallest absolute Gasteiger partial charge is 0.0821 e. The van der Waals surface area contributed by atoms with Gasteiger partial charge in [0.1, 0.15) is 0 Å². The Morgan fingerprint density at radius 3 is 2.80 bits per heavy atom. The summed E-state index contributed by atoms with van der Waals surface area (Å²) >= 11 is 0. The van der Waals surface area contributed by atoms with Crippen LogP contribution in [0.25, 0.3) is 10.9 Å². The van der Waals surface area contributed by atoms with Gasteiger partial charge in [-0.1, -0.05) is 25.1 Å². The summed E-state index contributed by atoms with van der Waals surface area (Å²) in [5.74, 6) is 0. The second-order valence-electron chi connectivity index (χ2n) is 5.06. The molecule has 20 heavy (non-hydrogen) atoms. The number of rotatable bonds is 5. The van der Waals surface area contributed by atoms with Crippen molar-refractivity contribution in [3.05, 3.63) is 54.0 Å². The van der Waals surface area contributed by atoms with Crippen molar-refractivity contribution in [1.82, 2.24) is 19.7 Å². The van der Waals surface area contributed by atoms with Crippen LogP contribution in [0.1, 0.15) is 18.2 Å². The third-order valence-electron chi connectivity index (χ3n) is 3.54. The van der Waals surface area contributed by atoms with E-state index in [0.29, 0.717) is 0 Å². The summed E-state index contributed by atoms with van der Waals surface area (Å²) in [4.78, 5) is 0. The number of para-hydroxylation sites is 1. The van der Waals surface area contributed by atoms with Crippen LogP contribution in [0, 0.1) is 0 Å². The van der Waals surface area contributed by atoms with Gasteiger partial charge in [-0.05, 0) is 24.2 Å². The van der Waals surface area contributed by atoms with Gasteiger partial charge in [-0.2, -0.15) is 5.10 Å². The summed E-state index contributed by atoms with van der Waals surface area (Å²) in [5.41, 5.74) is 3.70. The standard InChI is InChI=1S/C16H20N4/c1-3-17-10-13-11-20(12-14-8-9-19(2)18-14)16-7-5-4-6-15(13)16/h4-9,11,17H,3,10,12H2,1-2H3. The zero-order valence-electron chi connectivity index (χ0n) is 12.0. The van der Waals surface area contributed by atoms with Crippen LogP contribution in [0.5, 0.6) is 0 Å². The molecule has 0 spiro atoms. The van der Waals surface area contributed by atoms with Gasteiger partial charge in [-0.3, -0.25) is 4.68 Å². The lowest BCUT2D eigenvalue weighted by atomic mass is 10.2. The zero-order valence-corrected chi connectivity index (χ0v) is 12.0. The van der Waals surface area contributed by atoms with Gasteiger partial charge in [0.15, 0.2) is 0 Å². The Balaban J connectivity index is 1.97. The molecule has 2 heterocycles. The van der Waals surface area contributed by atoms with Crippen LogP contribution in [0.3, 0.4) is 0 Å². The van der Waals surface area contributed by atoms with E-state index in [1.54, 1.807) is 0 Å². The number of aromatic nitrogens is 3. The molecule has 1 aromatic carbocycles. The first-order valence-electron chi connectivity index (χ1n) is 7.04. The Kier molecular flexibility index (Phi) is 3.56. The Labute approximate surface area is 119 Å². The van der Waals surface area contributed by atoms with Crippen LogP contribution in [0.15, 0.2) is 42.7 Å². The van der Waals surface area contributed by atoms with E-state index in [9.17, 15) is 0 Å². The molecule has 2 aromatic heterocycles. The minimum absolute atomic E-state index is 0.813. The normalized spacial score (nSPS) is 11.3. The molecule has 4 nitrogen and oxygen atoms in total. The summed E-state index contributed by atoms with van der Waals surface area (Å²) in [6.07, 6.45) is 4.22. The van der Waals surface area contributed by atoms with Gasteiger partial charge in [-0.15, -0.1) is 0 Å². The minimum atomic E-state index is 0.813. The van der Waals surface area contributed by atoms with Gasteiger partial charge >= 0.3 is 0 Å². The Hall–Kier alpha value is -2.07. The highest BCUT2D eigenvalue weighted by atomic mass is 15.3. The second kappa shape index (κ2) is 5.51. The lowest BCUT2D eigenvalue weighted by Gasteiger charge is -2.02. The second-order valence-corrected chi connectivity index (χ2v) is 5.06. The molecule has 3 aromatic rings. The SMILES string of the molecule is CCNCc1cn(Cc2ccn(C)n2)c2ccccc12.